The highest BCUT2D eigenvalue weighted by molar-refractivity contribution is 5.42. The molecular weight excluding hydrogens is 204 g/mol. The fraction of sp³-hybridized carbons (Fsp3) is 0.182. The molecule has 0 spiro atoms. The first-order chi connectivity index (χ1) is 7.68. The summed E-state index contributed by atoms with van der Waals surface area (Å²) >= 11 is 0. The summed E-state index contributed by atoms with van der Waals surface area (Å²) in [7, 11) is 0. The number of aryl methyl sites for hydroxylation is 1. The van der Waals surface area contributed by atoms with Gasteiger partial charge in [-0.2, -0.15) is 0 Å². The van der Waals surface area contributed by atoms with Gasteiger partial charge in [0.25, 0.3) is 0 Å². The van der Waals surface area contributed by atoms with Crippen molar-refractivity contribution in [3.8, 4) is 0 Å². The highest BCUT2D eigenvalue weighted by Gasteiger charge is 2.15. The predicted octanol–water partition coefficient (Wildman–Crippen LogP) is 0.844. The third kappa shape index (κ3) is 1.99. The number of hydrogen-bond donors (Lipinski definition) is 2. The Kier molecular flexibility index (Phi) is 2.78. The van der Waals surface area contributed by atoms with Crippen molar-refractivity contribution < 1.29 is 5.11 Å². The van der Waals surface area contributed by atoms with E-state index in [4.69, 9.17) is 5.73 Å². The fourth-order valence-electron chi connectivity index (χ4n) is 1.45. The zero-order valence-corrected chi connectivity index (χ0v) is 8.83. The number of rotatable bonds is 2. The van der Waals surface area contributed by atoms with Gasteiger partial charge in [-0.25, -0.2) is 15.0 Å². The predicted molar refractivity (Wildman–Crippen MR) is 59.5 cm³/mol. The standard InChI is InChI=1S/C11H12N4O/c1-7-13-6-4-9(15-7)10(16)8-3-2-5-14-11(8)12/h2-6,10,16H,1H3,(H2,12,14). The van der Waals surface area contributed by atoms with Crippen LogP contribution in [-0.2, 0) is 0 Å². The molecule has 82 valence electrons. The fourth-order valence-corrected chi connectivity index (χ4v) is 1.45. The van der Waals surface area contributed by atoms with Gasteiger partial charge >= 0.3 is 0 Å². The van der Waals surface area contributed by atoms with E-state index in [1.807, 2.05) is 0 Å². The van der Waals surface area contributed by atoms with Gasteiger partial charge in [0.2, 0.25) is 0 Å². The van der Waals surface area contributed by atoms with E-state index in [0.717, 1.165) is 0 Å². The molecule has 2 aromatic rings. The van der Waals surface area contributed by atoms with Crippen molar-refractivity contribution >= 4 is 5.82 Å². The van der Waals surface area contributed by atoms with Crippen LogP contribution in [0, 0.1) is 6.92 Å². The van der Waals surface area contributed by atoms with Crippen LogP contribution in [0.4, 0.5) is 5.82 Å². The molecule has 0 amide bonds. The molecule has 0 bridgehead atoms. The molecule has 0 aliphatic rings. The molecule has 5 nitrogen and oxygen atoms in total. The minimum atomic E-state index is -0.865. The van der Waals surface area contributed by atoms with Crippen molar-refractivity contribution in [2.45, 2.75) is 13.0 Å². The van der Waals surface area contributed by atoms with Crippen LogP contribution >= 0.6 is 0 Å². The maximum Gasteiger partial charge on any atom is 0.129 e. The van der Waals surface area contributed by atoms with Gasteiger partial charge in [-0.15, -0.1) is 0 Å². The minimum Gasteiger partial charge on any atom is -0.383 e. The quantitative estimate of drug-likeness (QED) is 0.777. The van der Waals surface area contributed by atoms with E-state index in [1.54, 1.807) is 37.5 Å². The van der Waals surface area contributed by atoms with E-state index in [2.05, 4.69) is 15.0 Å². The molecule has 3 N–H and O–H groups in total. The average Bonchev–Trinajstić information content (AvgIpc) is 2.29. The summed E-state index contributed by atoms with van der Waals surface area (Å²) in [6, 6.07) is 5.11. The van der Waals surface area contributed by atoms with Crippen molar-refractivity contribution in [1.82, 2.24) is 15.0 Å². The normalized spacial score (nSPS) is 12.4. The lowest BCUT2D eigenvalue weighted by Crippen LogP contribution is -2.07. The Bertz CT molecular complexity index is 501. The number of nitrogens with two attached hydrogens (primary N) is 1. The molecule has 2 aromatic heterocycles. The van der Waals surface area contributed by atoms with Gasteiger partial charge in [-0.3, -0.25) is 0 Å². The summed E-state index contributed by atoms with van der Waals surface area (Å²) < 4.78 is 0. The minimum absolute atomic E-state index is 0.311. The summed E-state index contributed by atoms with van der Waals surface area (Å²) in [6.07, 6.45) is 2.32. The molecule has 0 aliphatic heterocycles. The second-order valence-corrected chi connectivity index (χ2v) is 3.41. The van der Waals surface area contributed by atoms with Gasteiger partial charge in [0.1, 0.15) is 17.7 Å². The first-order valence-electron chi connectivity index (χ1n) is 4.86. The summed E-state index contributed by atoms with van der Waals surface area (Å²) in [6.45, 7) is 1.77. The number of aliphatic hydroxyl groups is 1. The van der Waals surface area contributed by atoms with Crippen LogP contribution in [0.15, 0.2) is 30.6 Å². The number of aliphatic hydroxyl groups excluding tert-OH is 1. The molecule has 5 heteroatoms. The van der Waals surface area contributed by atoms with Gasteiger partial charge < -0.3 is 10.8 Å². The summed E-state index contributed by atoms with van der Waals surface area (Å²) in [5, 5.41) is 10.1. The molecule has 2 heterocycles. The van der Waals surface area contributed by atoms with Crippen LogP contribution in [0.3, 0.4) is 0 Å². The number of hydrogen-bond acceptors (Lipinski definition) is 5. The summed E-state index contributed by atoms with van der Waals surface area (Å²) in [4.78, 5) is 12.0. The van der Waals surface area contributed by atoms with E-state index in [0.29, 0.717) is 22.9 Å². The second-order valence-electron chi connectivity index (χ2n) is 3.41. The monoisotopic (exact) mass is 216 g/mol. The van der Waals surface area contributed by atoms with Crippen LogP contribution < -0.4 is 5.73 Å². The Morgan fingerprint density at radius 3 is 2.75 bits per heavy atom. The molecule has 1 unspecified atom stereocenters. The number of anilines is 1. The number of nitrogens with zero attached hydrogens (tertiary/aromatic N) is 3. The third-order valence-electron chi connectivity index (χ3n) is 2.24. The zero-order valence-electron chi connectivity index (χ0n) is 8.83. The average molecular weight is 216 g/mol. The van der Waals surface area contributed by atoms with Crippen molar-refractivity contribution in [2.24, 2.45) is 0 Å². The van der Waals surface area contributed by atoms with Crippen LogP contribution in [-0.4, -0.2) is 20.1 Å². The van der Waals surface area contributed by atoms with Crippen molar-refractivity contribution in [3.63, 3.8) is 0 Å². The van der Waals surface area contributed by atoms with Crippen molar-refractivity contribution in [1.29, 1.82) is 0 Å². The Balaban J connectivity index is 2.39. The maximum absolute atomic E-state index is 10.1. The van der Waals surface area contributed by atoms with E-state index in [1.165, 1.54) is 0 Å². The van der Waals surface area contributed by atoms with Crippen molar-refractivity contribution in [2.75, 3.05) is 5.73 Å². The van der Waals surface area contributed by atoms with Gasteiger partial charge in [0.15, 0.2) is 0 Å². The Morgan fingerprint density at radius 1 is 1.25 bits per heavy atom. The molecule has 0 aromatic carbocycles. The van der Waals surface area contributed by atoms with Gasteiger partial charge in [0, 0.05) is 18.0 Å². The molecular formula is C11H12N4O. The van der Waals surface area contributed by atoms with Crippen molar-refractivity contribution in [3.05, 3.63) is 47.7 Å². The van der Waals surface area contributed by atoms with Crippen LogP contribution in [0.25, 0.3) is 0 Å². The molecule has 0 saturated heterocycles. The Labute approximate surface area is 93.0 Å². The zero-order chi connectivity index (χ0) is 11.5. The third-order valence-corrected chi connectivity index (χ3v) is 2.24. The lowest BCUT2D eigenvalue weighted by molar-refractivity contribution is 0.215. The smallest absolute Gasteiger partial charge is 0.129 e. The first-order valence-corrected chi connectivity index (χ1v) is 4.86. The number of nitrogen functional groups attached to an aromatic ring is 1. The van der Waals surface area contributed by atoms with E-state index in [9.17, 15) is 5.11 Å². The first kappa shape index (κ1) is 10.5. The SMILES string of the molecule is Cc1nccc(C(O)c2cccnc2N)n1. The maximum atomic E-state index is 10.1. The Hall–Kier alpha value is -2.01. The largest absolute Gasteiger partial charge is 0.383 e. The second kappa shape index (κ2) is 4.24. The van der Waals surface area contributed by atoms with Gasteiger partial charge in [0.05, 0.1) is 5.69 Å². The molecule has 0 saturated carbocycles. The molecule has 0 aliphatic carbocycles. The van der Waals surface area contributed by atoms with Gasteiger partial charge in [-0.05, 0) is 19.1 Å². The molecule has 2 rings (SSSR count). The van der Waals surface area contributed by atoms with Gasteiger partial charge in [-0.1, -0.05) is 6.07 Å². The summed E-state index contributed by atoms with van der Waals surface area (Å²) in [5.41, 5.74) is 6.76. The van der Waals surface area contributed by atoms with E-state index in [-0.39, 0.29) is 0 Å². The number of aromatic nitrogens is 3. The Morgan fingerprint density at radius 2 is 2.06 bits per heavy atom. The highest BCUT2D eigenvalue weighted by atomic mass is 16.3. The highest BCUT2D eigenvalue weighted by Crippen LogP contribution is 2.23. The molecule has 16 heavy (non-hydrogen) atoms. The molecule has 0 fully saturated rings. The number of pyridine rings is 1. The van der Waals surface area contributed by atoms with Crippen LogP contribution in [0.1, 0.15) is 23.2 Å². The molecule has 0 radical (unpaired) electrons. The molecule has 1 atom stereocenters. The van der Waals surface area contributed by atoms with E-state index < -0.39 is 6.10 Å². The lowest BCUT2D eigenvalue weighted by atomic mass is 10.1. The summed E-state index contributed by atoms with van der Waals surface area (Å²) in [5.74, 6) is 0.922. The van der Waals surface area contributed by atoms with Crippen LogP contribution in [0.5, 0.6) is 0 Å². The lowest BCUT2D eigenvalue weighted by Gasteiger charge is -2.11. The topological polar surface area (TPSA) is 84.9 Å². The van der Waals surface area contributed by atoms with E-state index >= 15 is 0 Å². The van der Waals surface area contributed by atoms with Crippen LogP contribution in [0.2, 0.25) is 0 Å².